The van der Waals surface area contributed by atoms with Crippen molar-refractivity contribution in [3.8, 4) is 0 Å². The monoisotopic (exact) mass is 302 g/mol. The lowest BCUT2D eigenvalue weighted by molar-refractivity contribution is -0.384. The van der Waals surface area contributed by atoms with Gasteiger partial charge in [0, 0.05) is 32.7 Å². The number of hydrogen-bond donors (Lipinski definition) is 2. The predicted molar refractivity (Wildman–Crippen MR) is 76.1 cm³/mol. The highest BCUT2D eigenvalue weighted by Crippen LogP contribution is 2.28. The third-order valence-corrected chi connectivity index (χ3v) is 4.51. The van der Waals surface area contributed by atoms with Crippen LogP contribution in [-0.2, 0) is 10.0 Å². The molecular weight excluding hydrogens is 284 g/mol. The number of nitro benzene ring substituents is 1. The summed E-state index contributed by atoms with van der Waals surface area (Å²) in [4.78, 5) is 10.3. The second kappa shape index (κ2) is 6.16. The molecule has 0 bridgehead atoms. The highest BCUT2D eigenvalue weighted by molar-refractivity contribution is 7.89. The number of hydrogen-bond acceptors (Lipinski definition) is 6. The highest BCUT2D eigenvalue weighted by Gasteiger charge is 2.23. The molecule has 0 fully saturated rings. The summed E-state index contributed by atoms with van der Waals surface area (Å²) in [5.41, 5.74) is 5.39. The van der Waals surface area contributed by atoms with Crippen LogP contribution < -0.4 is 11.1 Å². The molecule has 0 amide bonds. The summed E-state index contributed by atoms with van der Waals surface area (Å²) in [7, 11) is -0.977. The molecule has 0 saturated heterocycles. The van der Waals surface area contributed by atoms with Crippen molar-refractivity contribution in [1.82, 2.24) is 4.31 Å². The van der Waals surface area contributed by atoms with E-state index in [1.807, 2.05) is 0 Å². The molecule has 3 N–H and O–H groups in total. The lowest BCUT2D eigenvalue weighted by Gasteiger charge is -2.15. The summed E-state index contributed by atoms with van der Waals surface area (Å²) in [6, 6.07) is 3.58. The molecule has 1 unspecified atom stereocenters. The third kappa shape index (κ3) is 3.44. The average molecular weight is 302 g/mol. The SMILES string of the molecule is CC(CN)Nc1ccc(S(=O)(=O)N(C)C)cc1[N+](=O)[O-]. The number of nitrogens with two attached hydrogens (primary N) is 1. The van der Waals surface area contributed by atoms with Crippen LogP contribution in [-0.4, -0.2) is 44.3 Å². The van der Waals surface area contributed by atoms with Gasteiger partial charge in [-0.3, -0.25) is 10.1 Å². The van der Waals surface area contributed by atoms with Crippen molar-refractivity contribution in [1.29, 1.82) is 0 Å². The molecule has 0 aromatic heterocycles. The Balaban J connectivity index is 3.31. The smallest absolute Gasteiger partial charge is 0.293 e. The lowest BCUT2D eigenvalue weighted by Crippen LogP contribution is -2.26. The number of rotatable bonds is 6. The van der Waals surface area contributed by atoms with Gasteiger partial charge in [-0.05, 0) is 19.1 Å². The first-order chi connectivity index (χ1) is 9.20. The number of nitrogens with zero attached hydrogens (tertiary/aromatic N) is 2. The average Bonchev–Trinajstić information content (AvgIpc) is 2.38. The van der Waals surface area contributed by atoms with Gasteiger partial charge in [-0.2, -0.15) is 0 Å². The van der Waals surface area contributed by atoms with Gasteiger partial charge in [-0.1, -0.05) is 0 Å². The molecular formula is C11H18N4O4S. The minimum absolute atomic E-state index is 0.125. The molecule has 20 heavy (non-hydrogen) atoms. The first-order valence-electron chi connectivity index (χ1n) is 5.87. The molecule has 0 aliphatic rings. The maximum absolute atomic E-state index is 12.0. The first kappa shape index (κ1) is 16.3. The highest BCUT2D eigenvalue weighted by atomic mass is 32.2. The normalized spacial score (nSPS) is 13.2. The molecule has 0 aliphatic heterocycles. The standard InChI is InChI=1S/C11H18N4O4S/c1-8(7-12)13-10-5-4-9(6-11(10)15(16)17)20(18,19)14(2)3/h4-6,8,13H,7,12H2,1-3H3. The molecule has 0 spiro atoms. The molecule has 9 heteroatoms. The van der Waals surface area contributed by atoms with E-state index >= 15 is 0 Å². The molecule has 0 heterocycles. The van der Waals surface area contributed by atoms with E-state index in [-0.39, 0.29) is 22.3 Å². The van der Waals surface area contributed by atoms with E-state index in [0.717, 1.165) is 10.4 Å². The van der Waals surface area contributed by atoms with Gasteiger partial charge in [0.1, 0.15) is 5.69 Å². The van der Waals surface area contributed by atoms with Crippen LogP contribution in [0.15, 0.2) is 23.1 Å². The summed E-state index contributed by atoms with van der Waals surface area (Å²) >= 11 is 0. The number of nitrogens with one attached hydrogen (secondary N) is 1. The number of anilines is 1. The largest absolute Gasteiger partial charge is 0.376 e. The van der Waals surface area contributed by atoms with E-state index in [1.165, 1.54) is 26.2 Å². The van der Waals surface area contributed by atoms with Crippen molar-refractivity contribution in [2.24, 2.45) is 5.73 Å². The maximum Gasteiger partial charge on any atom is 0.293 e. The topological polar surface area (TPSA) is 119 Å². The molecule has 0 radical (unpaired) electrons. The van der Waals surface area contributed by atoms with Gasteiger partial charge in [0.2, 0.25) is 10.0 Å². The molecule has 112 valence electrons. The van der Waals surface area contributed by atoms with Gasteiger partial charge in [0.15, 0.2) is 0 Å². The Morgan fingerprint density at radius 1 is 1.45 bits per heavy atom. The molecule has 8 nitrogen and oxygen atoms in total. The molecule has 1 atom stereocenters. The van der Waals surface area contributed by atoms with Crippen LogP contribution in [0.25, 0.3) is 0 Å². The fourth-order valence-electron chi connectivity index (χ4n) is 1.48. The second-order valence-electron chi connectivity index (χ2n) is 4.50. The van der Waals surface area contributed by atoms with Crippen molar-refractivity contribution < 1.29 is 13.3 Å². The van der Waals surface area contributed by atoms with E-state index < -0.39 is 14.9 Å². The van der Waals surface area contributed by atoms with Crippen LogP contribution in [0.1, 0.15) is 6.92 Å². The Morgan fingerprint density at radius 2 is 2.05 bits per heavy atom. The zero-order chi connectivity index (χ0) is 15.5. The minimum atomic E-state index is -3.71. The van der Waals surface area contributed by atoms with Crippen molar-refractivity contribution >= 4 is 21.4 Å². The number of sulfonamides is 1. The van der Waals surface area contributed by atoms with E-state index in [2.05, 4.69) is 5.32 Å². The molecule has 0 aliphatic carbocycles. The summed E-state index contributed by atoms with van der Waals surface area (Å²) in [5.74, 6) is 0. The molecule has 1 rings (SSSR count). The van der Waals surface area contributed by atoms with Crippen LogP contribution in [0.4, 0.5) is 11.4 Å². The predicted octanol–water partition coefficient (Wildman–Crippen LogP) is 0.604. The lowest BCUT2D eigenvalue weighted by atomic mass is 10.2. The zero-order valence-electron chi connectivity index (χ0n) is 11.5. The summed E-state index contributed by atoms with van der Waals surface area (Å²) in [6.07, 6.45) is 0. The van der Waals surface area contributed by atoms with E-state index in [4.69, 9.17) is 5.73 Å². The van der Waals surface area contributed by atoms with Gasteiger partial charge in [0.25, 0.3) is 5.69 Å². The maximum atomic E-state index is 12.0. The third-order valence-electron chi connectivity index (χ3n) is 2.70. The Morgan fingerprint density at radius 3 is 2.50 bits per heavy atom. The van der Waals surface area contributed by atoms with Gasteiger partial charge >= 0.3 is 0 Å². The Labute approximate surface area is 117 Å². The van der Waals surface area contributed by atoms with Crippen LogP contribution >= 0.6 is 0 Å². The fraction of sp³-hybridized carbons (Fsp3) is 0.455. The number of benzene rings is 1. The van der Waals surface area contributed by atoms with Crippen molar-refractivity contribution in [3.05, 3.63) is 28.3 Å². The van der Waals surface area contributed by atoms with Gasteiger partial charge < -0.3 is 11.1 Å². The van der Waals surface area contributed by atoms with E-state index in [0.29, 0.717) is 6.54 Å². The van der Waals surface area contributed by atoms with Crippen LogP contribution in [0.3, 0.4) is 0 Å². The summed E-state index contributed by atoms with van der Waals surface area (Å²) < 4.78 is 24.9. The van der Waals surface area contributed by atoms with E-state index in [1.54, 1.807) is 6.92 Å². The quantitative estimate of drug-likeness (QED) is 0.587. The summed E-state index contributed by atoms with van der Waals surface area (Å²) in [5, 5.41) is 13.9. The fourth-order valence-corrected chi connectivity index (χ4v) is 2.40. The van der Waals surface area contributed by atoms with Crippen LogP contribution in [0.5, 0.6) is 0 Å². The van der Waals surface area contributed by atoms with Gasteiger partial charge in [-0.15, -0.1) is 0 Å². The van der Waals surface area contributed by atoms with Crippen LogP contribution in [0.2, 0.25) is 0 Å². The Bertz CT molecular complexity index is 600. The van der Waals surface area contributed by atoms with Gasteiger partial charge in [-0.25, -0.2) is 12.7 Å². The van der Waals surface area contributed by atoms with Crippen LogP contribution in [0, 0.1) is 10.1 Å². The minimum Gasteiger partial charge on any atom is -0.376 e. The second-order valence-corrected chi connectivity index (χ2v) is 6.66. The van der Waals surface area contributed by atoms with Crippen molar-refractivity contribution in [3.63, 3.8) is 0 Å². The number of nitro groups is 1. The van der Waals surface area contributed by atoms with Crippen molar-refractivity contribution in [2.75, 3.05) is 26.0 Å². The molecule has 1 aromatic rings. The van der Waals surface area contributed by atoms with Crippen molar-refractivity contribution in [2.45, 2.75) is 17.9 Å². The Hall–Kier alpha value is -1.71. The summed E-state index contributed by atoms with van der Waals surface area (Å²) in [6.45, 7) is 2.07. The molecule has 0 saturated carbocycles. The van der Waals surface area contributed by atoms with E-state index in [9.17, 15) is 18.5 Å². The first-order valence-corrected chi connectivity index (χ1v) is 7.31. The van der Waals surface area contributed by atoms with Gasteiger partial charge in [0.05, 0.1) is 9.82 Å². The Kier molecular flexibility index (Phi) is 5.03. The zero-order valence-corrected chi connectivity index (χ0v) is 12.3. The molecule has 1 aromatic carbocycles.